The number of amides is 2. The Morgan fingerprint density at radius 1 is 1.60 bits per heavy atom. The summed E-state index contributed by atoms with van der Waals surface area (Å²) in [6.07, 6.45) is 1.77. The van der Waals surface area contributed by atoms with Crippen molar-refractivity contribution in [2.24, 2.45) is 0 Å². The first-order valence-electron chi connectivity index (χ1n) is 4.61. The summed E-state index contributed by atoms with van der Waals surface area (Å²) in [6, 6.07) is 0. The lowest BCUT2D eigenvalue weighted by atomic mass is 10.3. The van der Waals surface area contributed by atoms with Crippen LogP contribution in [0.3, 0.4) is 0 Å². The van der Waals surface area contributed by atoms with Crippen molar-refractivity contribution in [2.45, 2.75) is 13.5 Å². The van der Waals surface area contributed by atoms with Crippen LogP contribution in [0.25, 0.3) is 0 Å². The summed E-state index contributed by atoms with van der Waals surface area (Å²) in [7, 11) is 0. The molecule has 0 saturated carbocycles. The molecule has 1 aliphatic rings. The fraction of sp³-hybridized carbons (Fsp3) is 0.444. The molecule has 0 atom stereocenters. The molecule has 1 fully saturated rings. The van der Waals surface area contributed by atoms with Crippen molar-refractivity contribution in [3.63, 3.8) is 0 Å². The first-order valence-corrected chi connectivity index (χ1v) is 5.42. The van der Waals surface area contributed by atoms with Gasteiger partial charge in [-0.15, -0.1) is 11.3 Å². The Bertz CT molecular complexity index is 402. The molecule has 0 aromatic carbocycles. The quantitative estimate of drug-likeness (QED) is 0.765. The molecule has 0 spiro atoms. The van der Waals surface area contributed by atoms with E-state index in [0.717, 1.165) is 9.88 Å². The number of carbonyl (C=O) groups excluding carboxylic acids is 2. The maximum Gasteiger partial charge on any atom is 0.242 e. The number of aromatic nitrogens is 1. The fourth-order valence-electron chi connectivity index (χ4n) is 1.39. The molecule has 15 heavy (non-hydrogen) atoms. The molecule has 0 aliphatic carbocycles. The lowest BCUT2D eigenvalue weighted by molar-refractivity contribution is -0.141. The minimum atomic E-state index is -0.108. The number of nitrogens with zero attached hydrogens (tertiary/aromatic N) is 2. The summed E-state index contributed by atoms with van der Waals surface area (Å²) in [4.78, 5) is 29.3. The Balaban J connectivity index is 2.04. The van der Waals surface area contributed by atoms with Crippen molar-refractivity contribution in [2.75, 3.05) is 13.1 Å². The number of thiazole rings is 1. The maximum absolute atomic E-state index is 11.4. The Morgan fingerprint density at radius 2 is 2.40 bits per heavy atom. The molecular weight excluding hydrogens is 214 g/mol. The fourth-order valence-corrected chi connectivity index (χ4v) is 2.19. The van der Waals surface area contributed by atoms with Crippen LogP contribution in [0.4, 0.5) is 0 Å². The van der Waals surface area contributed by atoms with Crippen LogP contribution >= 0.6 is 11.3 Å². The zero-order chi connectivity index (χ0) is 10.8. The zero-order valence-corrected chi connectivity index (χ0v) is 9.13. The first-order chi connectivity index (χ1) is 7.15. The van der Waals surface area contributed by atoms with E-state index in [2.05, 4.69) is 10.3 Å². The third-order valence-electron chi connectivity index (χ3n) is 2.12. The van der Waals surface area contributed by atoms with Crippen LogP contribution in [0.2, 0.25) is 0 Å². The van der Waals surface area contributed by atoms with Crippen LogP contribution in [0.1, 0.15) is 9.88 Å². The summed E-state index contributed by atoms with van der Waals surface area (Å²) < 4.78 is 0. The van der Waals surface area contributed by atoms with Crippen molar-refractivity contribution in [1.82, 2.24) is 15.2 Å². The van der Waals surface area contributed by atoms with E-state index in [9.17, 15) is 9.59 Å². The van der Waals surface area contributed by atoms with Crippen LogP contribution in [-0.4, -0.2) is 34.8 Å². The van der Waals surface area contributed by atoms with E-state index >= 15 is 0 Å². The molecule has 1 N–H and O–H groups in total. The second kappa shape index (κ2) is 3.98. The van der Waals surface area contributed by atoms with Crippen molar-refractivity contribution in [3.8, 4) is 0 Å². The minimum Gasteiger partial charge on any atom is -0.345 e. The highest BCUT2D eigenvalue weighted by Crippen LogP contribution is 2.14. The van der Waals surface area contributed by atoms with Gasteiger partial charge in [0.05, 0.1) is 13.1 Å². The van der Waals surface area contributed by atoms with Gasteiger partial charge in [0.1, 0.15) is 11.6 Å². The van der Waals surface area contributed by atoms with Crippen LogP contribution in [0, 0.1) is 6.92 Å². The predicted molar refractivity (Wildman–Crippen MR) is 55.3 cm³/mol. The molecule has 2 amide bonds. The van der Waals surface area contributed by atoms with E-state index < -0.39 is 0 Å². The molecule has 2 rings (SSSR count). The highest BCUT2D eigenvalue weighted by atomic mass is 32.1. The lowest BCUT2D eigenvalue weighted by Gasteiger charge is -2.25. The van der Waals surface area contributed by atoms with Crippen molar-refractivity contribution >= 4 is 23.2 Å². The maximum atomic E-state index is 11.4. The van der Waals surface area contributed by atoms with Gasteiger partial charge in [0.2, 0.25) is 11.8 Å². The molecule has 2 heterocycles. The van der Waals surface area contributed by atoms with Gasteiger partial charge >= 0.3 is 0 Å². The Kier molecular flexibility index (Phi) is 2.68. The molecule has 1 aliphatic heterocycles. The summed E-state index contributed by atoms with van der Waals surface area (Å²) in [5, 5.41) is 3.38. The monoisotopic (exact) mass is 225 g/mol. The number of carbonyl (C=O) groups is 2. The molecule has 1 aromatic heterocycles. The van der Waals surface area contributed by atoms with E-state index in [1.807, 2.05) is 6.92 Å². The van der Waals surface area contributed by atoms with Gasteiger partial charge < -0.3 is 10.2 Å². The summed E-state index contributed by atoms with van der Waals surface area (Å²) in [5.74, 6) is -0.162. The van der Waals surface area contributed by atoms with E-state index in [0.29, 0.717) is 6.54 Å². The number of piperazine rings is 1. The van der Waals surface area contributed by atoms with Gasteiger partial charge in [0.15, 0.2) is 0 Å². The van der Waals surface area contributed by atoms with E-state index in [4.69, 9.17) is 0 Å². The second-order valence-electron chi connectivity index (χ2n) is 3.39. The highest BCUT2D eigenvalue weighted by molar-refractivity contribution is 7.11. The Hall–Kier alpha value is -1.43. The molecule has 6 heteroatoms. The summed E-state index contributed by atoms with van der Waals surface area (Å²) in [6.45, 7) is 2.64. The van der Waals surface area contributed by atoms with Gasteiger partial charge in [-0.1, -0.05) is 0 Å². The minimum absolute atomic E-state index is 0.0533. The Morgan fingerprint density at radius 3 is 3.07 bits per heavy atom. The Labute approximate surface area is 91.1 Å². The van der Waals surface area contributed by atoms with Gasteiger partial charge in [-0.2, -0.15) is 0 Å². The SMILES string of the molecule is Cc1cnc(CN2CC(=O)NCC2=O)s1. The molecule has 1 aromatic rings. The van der Waals surface area contributed by atoms with Gasteiger partial charge in [0.25, 0.3) is 0 Å². The molecule has 0 radical (unpaired) electrons. The van der Waals surface area contributed by atoms with Crippen molar-refractivity contribution in [3.05, 3.63) is 16.1 Å². The van der Waals surface area contributed by atoms with Crippen LogP contribution in [-0.2, 0) is 16.1 Å². The van der Waals surface area contributed by atoms with Crippen molar-refractivity contribution < 1.29 is 9.59 Å². The number of rotatable bonds is 2. The second-order valence-corrected chi connectivity index (χ2v) is 4.71. The largest absolute Gasteiger partial charge is 0.345 e. The molecule has 0 unspecified atom stereocenters. The number of hydrogen-bond acceptors (Lipinski definition) is 4. The topological polar surface area (TPSA) is 62.3 Å². The van der Waals surface area contributed by atoms with Crippen LogP contribution in [0.15, 0.2) is 6.20 Å². The van der Waals surface area contributed by atoms with Crippen LogP contribution < -0.4 is 5.32 Å². The number of aryl methyl sites for hydroxylation is 1. The highest BCUT2D eigenvalue weighted by Gasteiger charge is 2.23. The van der Waals surface area contributed by atoms with E-state index in [1.54, 1.807) is 17.5 Å². The number of hydrogen-bond donors (Lipinski definition) is 1. The standard InChI is InChI=1S/C9H11N3O2S/c1-6-2-11-8(15-6)5-12-4-7(13)10-3-9(12)14/h2H,3-5H2,1H3,(H,10,13). The normalized spacial score (nSPS) is 16.7. The van der Waals surface area contributed by atoms with Crippen LogP contribution in [0.5, 0.6) is 0 Å². The lowest BCUT2D eigenvalue weighted by Crippen LogP contribution is -2.50. The average molecular weight is 225 g/mol. The number of nitrogens with one attached hydrogen (secondary N) is 1. The van der Waals surface area contributed by atoms with E-state index in [-0.39, 0.29) is 24.9 Å². The molecule has 5 nitrogen and oxygen atoms in total. The predicted octanol–water partition coefficient (Wildman–Crippen LogP) is -0.0901. The summed E-state index contributed by atoms with van der Waals surface area (Å²) in [5.41, 5.74) is 0. The third kappa shape index (κ3) is 2.33. The summed E-state index contributed by atoms with van der Waals surface area (Å²) >= 11 is 1.55. The van der Waals surface area contributed by atoms with E-state index in [1.165, 1.54) is 4.90 Å². The van der Waals surface area contributed by atoms with Crippen molar-refractivity contribution in [1.29, 1.82) is 0 Å². The zero-order valence-electron chi connectivity index (χ0n) is 8.32. The van der Waals surface area contributed by atoms with Gasteiger partial charge in [-0.3, -0.25) is 9.59 Å². The smallest absolute Gasteiger partial charge is 0.242 e. The first kappa shape index (κ1) is 10.1. The molecule has 1 saturated heterocycles. The average Bonchev–Trinajstić information content (AvgIpc) is 2.58. The van der Waals surface area contributed by atoms with Gasteiger partial charge in [-0.25, -0.2) is 4.98 Å². The molecular formula is C9H11N3O2S. The van der Waals surface area contributed by atoms with Gasteiger partial charge in [0, 0.05) is 11.1 Å². The molecule has 80 valence electrons. The van der Waals surface area contributed by atoms with Gasteiger partial charge in [-0.05, 0) is 6.92 Å². The molecule has 0 bridgehead atoms. The third-order valence-corrected chi connectivity index (χ3v) is 3.02.